The van der Waals surface area contributed by atoms with Gasteiger partial charge in [-0.15, -0.1) is 0 Å². The highest BCUT2D eigenvalue weighted by molar-refractivity contribution is 9.10. The van der Waals surface area contributed by atoms with Crippen molar-refractivity contribution in [3.8, 4) is 0 Å². The number of aryl methyl sites for hydroxylation is 1. The molecule has 2 N–H and O–H groups in total. The highest BCUT2D eigenvalue weighted by Crippen LogP contribution is 2.46. The van der Waals surface area contributed by atoms with Gasteiger partial charge in [-0.1, -0.05) is 26.7 Å². The van der Waals surface area contributed by atoms with Gasteiger partial charge in [0.25, 0.3) is 0 Å². The number of hydrogen-bond acceptors (Lipinski definition) is 2. The second kappa shape index (κ2) is 4.73. The Morgan fingerprint density at radius 1 is 1.53 bits per heavy atom. The summed E-state index contributed by atoms with van der Waals surface area (Å²) < 4.78 is 2.94. The van der Waals surface area contributed by atoms with Crippen molar-refractivity contribution in [1.29, 1.82) is 0 Å². The van der Waals surface area contributed by atoms with Crippen LogP contribution < -0.4 is 5.73 Å². The van der Waals surface area contributed by atoms with E-state index in [0.717, 1.165) is 10.2 Å². The lowest BCUT2D eigenvalue weighted by atomic mass is 9.65. The lowest BCUT2D eigenvalue weighted by Gasteiger charge is -2.42. The van der Waals surface area contributed by atoms with Crippen LogP contribution >= 0.6 is 15.9 Å². The number of halogens is 1. The minimum Gasteiger partial charge on any atom is -0.322 e. The summed E-state index contributed by atoms with van der Waals surface area (Å²) in [6.07, 6.45) is 6.98. The molecule has 0 spiro atoms. The number of aromatic nitrogens is 2. The maximum Gasteiger partial charge on any atom is 0.0693 e. The van der Waals surface area contributed by atoms with Gasteiger partial charge in [-0.3, -0.25) is 4.68 Å². The van der Waals surface area contributed by atoms with Gasteiger partial charge in [0.1, 0.15) is 0 Å². The first-order valence-electron chi connectivity index (χ1n) is 6.36. The Hall–Kier alpha value is -0.350. The summed E-state index contributed by atoms with van der Waals surface area (Å²) in [4.78, 5) is 0. The average molecular weight is 300 g/mol. The lowest BCUT2D eigenvalue weighted by molar-refractivity contribution is 0.110. The van der Waals surface area contributed by atoms with Crippen molar-refractivity contribution in [3.05, 3.63) is 16.4 Å². The van der Waals surface area contributed by atoms with Crippen molar-refractivity contribution < 1.29 is 0 Å². The van der Waals surface area contributed by atoms with Crippen LogP contribution in [0.5, 0.6) is 0 Å². The predicted octanol–water partition coefficient (Wildman–Crippen LogP) is 3.40. The fourth-order valence-corrected chi connectivity index (χ4v) is 3.78. The highest BCUT2D eigenvalue weighted by Gasteiger charge is 2.38. The first-order chi connectivity index (χ1) is 7.93. The summed E-state index contributed by atoms with van der Waals surface area (Å²) in [6.45, 7) is 4.70. The lowest BCUT2D eigenvalue weighted by Crippen LogP contribution is -2.37. The maximum atomic E-state index is 6.50. The standard InChI is InChI=1S/C13H22BrN3/c1-13(2)7-5-4-6-9(13)11(15)12-10(14)8-16-17(12)3/h8-9,11H,4-7,15H2,1-3H3. The molecule has 0 radical (unpaired) electrons. The Kier molecular flexibility index (Phi) is 3.64. The SMILES string of the molecule is Cn1ncc(Br)c1C(N)C1CCCCC1(C)C. The molecule has 1 aliphatic carbocycles. The molecule has 2 unspecified atom stereocenters. The van der Waals surface area contributed by atoms with Crippen LogP contribution in [0.4, 0.5) is 0 Å². The summed E-state index contributed by atoms with van der Waals surface area (Å²) >= 11 is 3.56. The fourth-order valence-electron chi connectivity index (χ4n) is 3.17. The minimum absolute atomic E-state index is 0.0761. The zero-order valence-electron chi connectivity index (χ0n) is 10.9. The molecular weight excluding hydrogens is 278 g/mol. The van der Waals surface area contributed by atoms with Crippen molar-refractivity contribution in [3.63, 3.8) is 0 Å². The Morgan fingerprint density at radius 3 is 2.76 bits per heavy atom. The molecule has 0 amide bonds. The second-order valence-corrected chi connectivity index (χ2v) is 6.72. The van der Waals surface area contributed by atoms with Crippen molar-refractivity contribution in [2.45, 2.75) is 45.6 Å². The van der Waals surface area contributed by atoms with E-state index in [9.17, 15) is 0 Å². The van der Waals surface area contributed by atoms with Gasteiger partial charge >= 0.3 is 0 Å². The molecule has 1 fully saturated rings. The maximum absolute atomic E-state index is 6.50. The zero-order valence-corrected chi connectivity index (χ0v) is 12.5. The smallest absolute Gasteiger partial charge is 0.0693 e. The molecule has 4 heteroatoms. The first-order valence-corrected chi connectivity index (χ1v) is 7.16. The topological polar surface area (TPSA) is 43.8 Å². The number of rotatable bonds is 2. The molecule has 0 aromatic carbocycles. The molecule has 3 nitrogen and oxygen atoms in total. The van der Waals surface area contributed by atoms with Crippen LogP contribution in [0, 0.1) is 11.3 Å². The van der Waals surface area contributed by atoms with Gasteiger partial charge in [0, 0.05) is 7.05 Å². The molecule has 0 saturated heterocycles. The molecule has 96 valence electrons. The third-order valence-electron chi connectivity index (χ3n) is 4.28. The van der Waals surface area contributed by atoms with Gasteiger partial charge in [0.15, 0.2) is 0 Å². The van der Waals surface area contributed by atoms with E-state index in [1.807, 2.05) is 17.9 Å². The van der Waals surface area contributed by atoms with Gasteiger partial charge in [0.05, 0.1) is 22.4 Å². The van der Waals surface area contributed by atoms with Crippen molar-refractivity contribution >= 4 is 15.9 Å². The Balaban J connectivity index is 2.27. The molecular formula is C13H22BrN3. The minimum atomic E-state index is 0.0761. The van der Waals surface area contributed by atoms with Crippen molar-refractivity contribution in [2.75, 3.05) is 0 Å². The second-order valence-electron chi connectivity index (χ2n) is 5.87. The quantitative estimate of drug-likeness (QED) is 0.909. The number of hydrogen-bond donors (Lipinski definition) is 1. The molecule has 1 saturated carbocycles. The van der Waals surface area contributed by atoms with E-state index >= 15 is 0 Å². The van der Waals surface area contributed by atoms with Gasteiger partial charge in [-0.05, 0) is 40.1 Å². The van der Waals surface area contributed by atoms with Crippen LogP contribution in [0.2, 0.25) is 0 Å². The average Bonchev–Trinajstić information content (AvgIpc) is 2.57. The molecule has 1 aromatic heterocycles. The molecule has 1 aromatic rings. The summed E-state index contributed by atoms with van der Waals surface area (Å²) in [5.74, 6) is 0.544. The zero-order chi connectivity index (χ0) is 12.6. The number of nitrogens with zero attached hydrogens (tertiary/aromatic N) is 2. The van der Waals surface area contributed by atoms with Gasteiger partial charge in [0.2, 0.25) is 0 Å². The monoisotopic (exact) mass is 299 g/mol. The summed E-state index contributed by atoms with van der Waals surface area (Å²) in [6, 6.07) is 0.0761. The van der Waals surface area contributed by atoms with E-state index in [1.165, 1.54) is 25.7 Å². The molecule has 0 bridgehead atoms. The molecule has 2 atom stereocenters. The Bertz CT molecular complexity index is 378. The van der Waals surface area contributed by atoms with Gasteiger partial charge in [-0.2, -0.15) is 5.10 Å². The van der Waals surface area contributed by atoms with Crippen LogP contribution in [-0.2, 0) is 7.05 Å². The first kappa shape index (κ1) is 13.1. The molecule has 17 heavy (non-hydrogen) atoms. The van der Waals surface area contributed by atoms with Crippen LogP contribution in [0.25, 0.3) is 0 Å². The van der Waals surface area contributed by atoms with Crippen LogP contribution in [0.3, 0.4) is 0 Å². The van der Waals surface area contributed by atoms with Crippen molar-refractivity contribution in [2.24, 2.45) is 24.1 Å². The third-order valence-corrected chi connectivity index (χ3v) is 4.89. The van der Waals surface area contributed by atoms with Crippen LogP contribution in [-0.4, -0.2) is 9.78 Å². The van der Waals surface area contributed by atoms with Crippen LogP contribution in [0.15, 0.2) is 10.7 Å². The van der Waals surface area contributed by atoms with Crippen molar-refractivity contribution in [1.82, 2.24) is 9.78 Å². The van der Waals surface area contributed by atoms with E-state index in [2.05, 4.69) is 34.9 Å². The molecule has 2 rings (SSSR count). The summed E-state index contributed by atoms with van der Waals surface area (Å²) in [5, 5.41) is 4.27. The largest absolute Gasteiger partial charge is 0.322 e. The van der Waals surface area contributed by atoms with E-state index < -0.39 is 0 Å². The predicted molar refractivity (Wildman–Crippen MR) is 73.6 cm³/mol. The summed E-state index contributed by atoms with van der Waals surface area (Å²) in [7, 11) is 1.97. The third kappa shape index (κ3) is 2.43. The van der Waals surface area contributed by atoms with E-state index in [-0.39, 0.29) is 6.04 Å². The Morgan fingerprint density at radius 2 is 2.24 bits per heavy atom. The fraction of sp³-hybridized carbons (Fsp3) is 0.769. The van der Waals surface area contributed by atoms with E-state index in [4.69, 9.17) is 5.73 Å². The highest BCUT2D eigenvalue weighted by atomic mass is 79.9. The van der Waals surface area contributed by atoms with Gasteiger partial charge in [-0.25, -0.2) is 0 Å². The normalized spacial score (nSPS) is 25.8. The van der Waals surface area contributed by atoms with E-state index in [0.29, 0.717) is 11.3 Å². The molecule has 1 heterocycles. The Labute approximate surface area is 112 Å². The van der Waals surface area contributed by atoms with Gasteiger partial charge < -0.3 is 5.73 Å². The van der Waals surface area contributed by atoms with E-state index in [1.54, 1.807) is 0 Å². The molecule has 0 aliphatic heterocycles. The molecule has 1 aliphatic rings. The van der Waals surface area contributed by atoms with Crippen LogP contribution in [0.1, 0.15) is 51.3 Å². The number of nitrogens with two attached hydrogens (primary N) is 1. The summed E-state index contributed by atoms with van der Waals surface area (Å²) in [5.41, 5.74) is 7.96.